The summed E-state index contributed by atoms with van der Waals surface area (Å²) in [5.41, 5.74) is 1.35. The van der Waals surface area contributed by atoms with E-state index < -0.39 is 10.2 Å². The number of anilines is 1. The molecule has 1 atom stereocenters. The van der Waals surface area contributed by atoms with Crippen LogP contribution in [0.3, 0.4) is 0 Å². The molecule has 0 aliphatic carbocycles. The van der Waals surface area contributed by atoms with E-state index in [1.165, 1.54) is 4.31 Å². The van der Waals surface area contributed by atoms with E-state index in [9.17, 15) is 8.42 Å². The van der Waals surface area contributed by atoms with Crippen molar-refractivity contribution in [1.82, 2.24) is 14.1 Å². The largest absolute Gasteiger partial charge is 0.301 e. The van der Waals surface area contributed by atoms with Crippen LogP contribution in [-0.2, 0) is 23.7 Å². The highest BCUT2D eigenvalue weighted by Gasteiger charge is 2.31. The first-order valence-corrected chi connectivity index (χ1v) is 7.70. The second-order valence-electron chi connectivity index (χ2n) is 4.73. The average Bonchev–Trinajstić information content (AvgIpc) is 2.84. The first-order valence-electron chi connectivity index (χ1n) is 6.26. The second-order valence-corrected chi connectivity index (χ2v) is 6.35. The van der Waals surface area contributed by atoms with E-state index in [0.717, 1.165) is 18.5 Å². The lowest BCUT2D eigenvalue weighted by Crippen LogP contribution is -2.38. The molecule has 6 nitrogen and oxygen atoms in total. The number of nitrogens with zero attached hydrogens (tertiary/aromatic N) is 3. The van der Waals surface area contributed by atoms with Crippen molar-refractivity contribution in [3.63, 3.8) is 0 Å². The summed E-state index contributed by atoms with van der Waals surface area (Å²) in [6.45, 7) is 4.49. The van der Waals surface area contributed by atoms with E-state index in [4.69, 9.17) is 0 Å². The van der Waals surface area contributed by atoms with Crippen LogP contribution in [0.2, 0.25) is 0 Å². The molecule has 7 heteroatoms. The maximum atomic E-state index is 12.3. The number of aromatic nitrogens is 2. The number of nitrogens with one attached hydrogen (secondary N) is 1. The van der Waals surface area contributed by atoms with Gasteiger partial charge >= 0.3 is 10.2 Å². The van der Waals surface area contributed by atoms with Crippen molar-refractivity contribution < 1.29 is 8.42 Å². The van der Waals surface area contributed by atoms with E-state index in [2.05, 4.69) is 9.82 Å². The van der Waals surface area contributed by atoms with Gasteiger partial charge in [-0.3, -0.25) is 9.40 Å². The van der Waals surface area contributed by atoms with Gasteiger partial charge in [-0.15, -0.1) is 0 Å². The average molecular weight is 272 g/mol. The fourth-order valence-corrected chi connectivity index (χ4v) is 3.86. The summed E-state index contributed by atoms with van der Waals surface area (Å²) in [4.78, 5) is 0. The Morgan fingerprint density at radius 1 is 1.56 bits per heavy atom. The molecule has 0 spiro atoms. The summed E-state index contributed by atoms with van der Waals surface area (Å²) >= 11 is 0. The number of rotatable bonds is 4. The van der Waals surface area contributed by atoms with Crippen molar-refractivity contribution in [3.05, 3.63) is 11.9 Å². The van der Waals surface area contributed by atoms with Gasteiger partial charge in [-0.25, -0.2) is 0 Å². The van der Waals surface area contributed by atoms with Crippen molar-refractivity contribution in [2.24, 2.45) is 7.05 Å². The minimum atomic E-state index is -3.45. The molecule has 0 amide bonds. The lowest BCUT2D eigenvalue weighted by atomic mass is 10.3. The summed E-state index contributed by atoms with van der Waals surface area (Å²) in [6, 6.07) is 0.0734. The Balaban J connectivity index is 2.22. The van der Waals surface area contributed by atoms with Crippen molar-refractivity contribution >= 4 is 15.9 Å². The molecule has 18 heavy (non-hydrogen) atoms. The third-order valence-electron chi connectivity index (χ3n) is 3.28. The summed E-state index contributed by atoms with van der Waals surface area (Å²) in [6.07, 6.45) is 4.26. The highest BCUT2D eigenvalue weighted by Crippen LogP contribution is 2.23. The van der Waals surface area contributed by atoms with E-state index in [0.29, 0.717) is 18.7 Å². The van der Waals surface area contributed by atoms with E-state index in [1.807, 2.05) is 13.8 Å². The highest BCUT2D eigenvalue weighted by atomic mass is 32.2. The molecule has 2 heterocycles. The molecule has 1 unspecified atom stereocenters. The van der Waals surface area contributed by atoms with Gasteiger partial charge in [-0.1, -0.05) is 6.92 Å². The molecule has 0 aromatic carbocycles. The van der Waals surface area contributed by atoms with Crippen LogP contribution in [-0.4, -0.2) is 35.1 Å². The van der Waals surface area contributed by atoms with Crippen molar-refractivity contribution in [3.8, 4) is 0 Å². The minimum Gasteiger partial charge on any atom is -0.273 e. The molecule has 0 bridgehead atoms. The molecule has 2 rings (SSSR count). The zero-order valence-electron chi connectivity index (χ0n) is 11.0. The zero-order chi connectivity index (χ0) is 13.3. The third kappa shape index (κ3) is 2.51. The SMILES string of the molecule is CCc1nn(C)cc1NS(=O)(=O)N1CCCC1C. The Bertz CT molecular complexity index is 523. The summed E-state index contributed by atoms with van der Waals surface area (Å²) in [7, 11) is -1.66. The topological polar surface area (TPSA) is 67.2 Å². The predicted molar refractivity (Wildman–Crippen MR) is 70.5 cm³/mol. The highest BCUT2D eigenvalue weighted by molar-refractivity contribution is 7.90. The lowest BCUT2D eigenvalue weighted by Gasteiger charge is -2.21. The van der Waals surface area contributed by atoms with Crippen LogP contribution in [0.1, 0.15) is 32.4 Å². The van der Waals surface area contributed by atoms with Gasteiger partial charge in [0.15, 0.2) is 0 Å². The maximum Gasteiger partial charge on any atom is 0.301 e. The normalized spacial score (nSPS) is 21.4. The van der Waals surface area contributed by atoms with Crippen LogP contribution in [0.25, 0.3) is 0 Å². The van der Waals surface area contributed by atoms with Gasteiger partial charge in [0, 0.05) is 25.8 Å². The molecule has 1 saturated heterocycles. The molecule has 0 saturated carbocycles. The Kier molecular flexibility index (Phi) is 3.63. The van der Waals surface area contributed by atoms with Crippen LogP contribution in [0, 0.1) is 0 Å². The van der Waals surface area contributed by atoms with Crippen LogP contribution < -0.4 is 4.72 Å². The molecule has 0 radical (unpaired) electrons. The monoisotopic (exact) mass is 272 g/mol. The Hall–Kier alpha value is -1.08. The summed E-state index contributed by atoms with van der Waals surface area (Å²) in [5, 5.41) is 4.23. The molecule has 1 aromatic rings. The van der Waals surface area contributed by atoms with E-state index in [-0.39, 0.29) is 6.04 Å². The Morgan fingerprint density at radius 3 is 2.83 bits per heavy atom. The van der Waals surface area contributed by atoms with Crippen LogP contribution in [0.4, 0.5) is 5.69 Å². The maximum absolute atomic E-state index is 12.3. The van der Waals surface area contributed by atoms with Gasteiger partial charge in [0.2, 0.25) is 0 Å². The standard InChI is InChI=1S/C11H20N4O2S/c1-4-10-11(8-14(3)12-10)13-18(16,17)15-7-5-6-9(15)2/h8-9,13H,4-7H2,1-3H3. The van der Waals surface area contributed by atoms with Gasteiger partial charge in [-0.05, 0) is 26.2 Å². The first kappa shape index (κ1) is 13.4. The van der Waals surface area contributed by atoms with E-state index in [1.54, 1.807) is 17.9 Å². The number of hydrogen-bond acceptors (Lipinski definition) is 3. The molecule has 1 N–H and O–H groups in total. The molecule has 1 aromatic heterocycles. The van der Waals surface area contributed by atoms with Gasteiger partial charge in [0.05, 0.1) is 11.4 Å². The van der Waals surface area contributed by atoms with Gasteiger partial charge in [0.25, 0.3) is 0 Å². The Morgan fingerprint density at radius 2 is 2.28 bits per heavy atom. The number of hydrogen-bond donors (Lipinski definition) is 1. The van der Waals surface area contributed by atoms with Crippen molar-refractivity contribution in [1.29, 1.82) is 0 Å². The minimum absolute atomic E-state index is 0.0734. The quantitative estimate of drug-likeness (QED) is 0.893. The van der Waals surface area contributed by atoms with Gasteiger partial charge in [0.1, 0.15) is 0 Å². The molecule has 102 valence electrons. The smallest absolute Gasteiger partial charge is 0.273 e. The summed E-state index contributed by atoms with van der Waals surface area (Å²) < 4.78 is 30.3. The van der Waals surface area contributed by atoms with Gasteiger partial charge in [-0.2, -0.15) is 17.8 Å². The second kappa shape index (κ2) is 4.89. The van der Waals surface area contributed by atoms with Crippen LogP contribution >= 0.6 is 0 Å². The van der Waals surface area contributed by atoms with E-state index >= 15 is 0 Å². The zero-order valence-corrected chi connectivity index (χ0v) is 11.9. The Labute approximate surface area is 108 Å². The molecule has 1 aliphatic heterocycles. The molecular weight excluding hydrogens is 252 g/mol. The van der Waals surface area contributed by atoms with Gasteiger partial charge < -0.3 is 0 Å². The van der Waals surface area contributed by atoms with Crippen molar-refractivity contribution in [2.75, 3.05) is 11.3 Å². The van der Waals surface area contributed by atoms with Crippen LogP contribution in [0.5, 0.6) is 0 Å². The van der Waals surface area contributed by atoms with Crippen LogP contribution in [0.15, 0.2) is 6.20 Å². The first-order chi connectivity index (χ1) is 8.44. The third-order valence-corrected chi connectivity index (χ3v) is 4.92. The predicted octanol–water partition coefficient (Wildman–Crippen LogP) is 1.12. The number of aryl methyl sites for hydroxylation is 2. The van der Waals surface area contributed by atoms with Crippen molar-refractivity contribution in [2.45, 2.75) is 39.2 Å². The lowest BCUT2D eigenvalue weighted by molar-refractivity contribution is 0.412. The fraction of sp³-hybridized carbons (Fsp3) is 0.727. The molecular formula is C11H20N4O2S. The molecule has 1 aliphatic rings. The fourth-order valence-electron chi connectivity index (χ4n) is 2.34. The molecule has 1 fully saturated rings. The summed E-state index contributed by atoms with van der Waals surface area (Å²) in [5.74, 6) is 0.